The van der Waals surface area contributed by atoms with Crippen molar-refractivity contribution in [2.24, 2.45) is 23.7 Å². The van der Waals surface area contributed by atoms with Gasteiger partial charge < -0.3 is 9.47 Å². The number of hydrogen-bond acceptors (Lipinski definition) is 2. The molecule has 84 valence electrons. The summed E-state index contributed by atoms with van der Waals surface area (Å²) in [6.07, 6.45) is 7.69. The quantitative estimate of drug-likeness (QED) is 0.664. The van der Waals surface area contributed by atoms with Gasteiger partial charge in [0, 0.05) is 7.11 Å². The zero-order chi connectivity index (χ0) is 10.4. The fraction of sp³-hybridized carbons (Fsp3) is 0.846. The van der Waals surface area contributed by atoms with Crippen LogP contribution in [0.15, 0.2) is 12.8 Å². The highest BCUT2D eigenvalue weighted by atomic mass is 16.5. The molecule has 0 aromatic rings. The van der Waals surface area contributed by atoms with E-state index in [2.05, 4.69) is 6.58 Å². The Hall–Kier alpha value is -0.500. The molecule has 0 aromatic heterocycles. The minimum Gasteiger partial charge on any atom is -0.496 e. The molecule has 2 heteroatoms. The number of ether oxygens (including phenoxy) is 2. The fourth-order valence-electron chi connectivity index (χ4n) is 4.53. The van der Waals surface area contributed by atoms with E-state index in [1.807, 2.05) is 7.11 Å². The second kappa shape index (κ2) is 3.51. The Bertz CT molecular complexity index is 263. The van der Waals surface area contributed by atoms with Crippen molar-refractivity contribution in [2.45, 2.75) is 37.9 Å². The van der Waals surface area contributed by atoms with Crippen LogP contribution < -0.4 is 0 Å². The normalized spacial score (nSPS) is 51.8. The molecule has 3 aliphatic rings. The van der Waals surface area contributed by atoms with Crippen LogP contribution in [0, 0.1) is 23.7 Å². The first kappa shape index (κ1) is 9.71. The topological polar surface area (TPSA) is 18.5 Å². The Morgan fingerprint density at radius 3 is 2.73 bits per heavy atom. The summed E-state index contributed by atoms with van der Waals surface area (Å²) >= 11 is 0. The summed E-state index contributed by atoms with van der Waals surface area (Å²) in [4.78, 5) is 0. The number of rotatable bonds is 3. The van der Waals surface area contributed by atoms with Crippen LogP contribution in [0.4, 0.5) is 0 Å². The van der Waals surface area contributed by atoms with Crippen molar-refractivity contribution in [2.75, 3.05) is 7.11 Å². The van der Waals surface area contributed by atoms with E-state index in [0.717, 1.165) is 23.7 Å². The van der Waals surface area contributed by atoms with Crippen molar-refractivity contribution in [1.82, 2.24) is 0 Å². The highest BCUT2D eigenvalue weighted by molar-refractivity contribution is 5.06. The molecule has 0 spiro atoms. The Balaban J connectivity index is 1.80. The van der Waals surface area contributed by atoms with Gasteiger partial charge in [-0.25, -0.2) is 0 Å². The molecule has 0 N–H and O–H groups in total. The fourth-order valence-corrected chi connectivity index (χ4v) is 4.53. The van der Waals surface area contributed by atoms with Gasteiger partial charge in [0.1, 0.15) is 6.10 Å². The Morgan fingerprint density at radius 2 is 2.00 bits per heavy atom. The van der Waals surface area contributed by atoms with Crippen molar-refractivity contribution in [3.05, 3.63) is 12.8 Å². The first-order chi connectivity index (χ1) is 7.35. The molecule has 3 aliphatic carbocycles. The minimum atomic E-state index is 0.269. The maximum absolute atomic E-state index is 5.67. The van der Waals surface area contributed by atoms with E-state index in [0.29, 0.717) is 6.10 Å². The van der Waals surface area contributed by atoms with Gasteiger partial charge >= 0.3 is 0 Å². The lowest BCUT2D eigenvalue weighted by atomic mass is 9.81. The molecule has 2 nitrogen and oxygen atoms in total. The predicted molar refractivity (Wildman–Crippen MR) is 58.3 cm³/mol. The number of fused-ring (bicyclic) bond motifs is 5. The largest absolute Gasteiger partial charge is 0.496 e. The molecule has 0 aromatic carbocycles. The minimum absolute atomic E-state index is 0.269. The molecule has 15 heavy (non-hydrogen) atoms. The first-order valence-corrected chi connectivity index (χ1v) is 6.14. The predicted octanol–water partition coefficient (Wildman–Crippen LogP) is 2.60. The molecule has 0 aliphatic heterocycles. The Kier molecular flexibility index (Phi) is 2.27. The number of hydrogen-bond donors (Lipinski definition) is 0. The first-order valence-electron chi connectivity index (χ1n) is 6.14. The Labute approximate surface area is 91.6 Å². The smallest absolute Gasteiger partial charge is 0.124 e. The average molecular weight is 208 g/mol. The van der Waals surface area contributed by atoms with Crippen LogP contribution in [-0.4, -0.2) is 19.3 Å². The molecule has 3 fully saturated rings. The summed E-state index contributed by atoms with van der Waals surface area (Å²) in [5, 5.41) is 0. The summed E-state index contributed by atoms with van der Waals surface area (Å²) in [6.45, 7) is 3.66. The van der Waals surface area contributed by atoms with Crippen molar-refractivity contribution in [1.29, 1.82) is 0 Å². The summed E-state index contributed by atoms with van der Waals surface area (Å²) in [5.74, 6) is 3.54. The van der Waals surface area contributed by atoms with Crippen LogP contribution in [0.25, 0.3) is 0 Å². The zero-order valence-electron chi connectivity index (χ0n) is 9.39. The summed E-state index contributed by atoms with van der Waals surface area (Å²) < 4.78 is 11.3. The summed E-state index contributed by atoms with van der Waals surface area (Å²) in [5.41, 5.74) is 0. The Morgan fingerprint density at radius 1 is 1.20 bits per heavy atom. The van der Waals surface area contributed by atoms with Gasteiger partial charge in [0.25, 0.3) is 0 Å². The second-order valence-corrected chi connectivity index (χ2v) is 5.35. The van der Waals surface area contributed by atoms with Gasteiger partial charge in [-0.3, -0.25) is 0 Å². The highest BCUT2D eigenvalue weighted by Crippen LogP contribution is 2.59. The van der Waals surface area contributed by atoms with Crippen LogP contribution in [-0.2, 0) is 9.47 Å². The van der Waals surface area contributed by atoms with E-state index in [1.54, 1.807) is 6.26 Å². The summed E-state index contributed by atoms with van der Waals surface area (Å²) in [7, 11) is 1.83. The van der Waals surface area contributed by atoms with Crippen molar-refractivity contribution in [3.8, 4) is 0 Å². The van der Waals surface area contributed by atoms with Gasteiger partial charge in [0.2, 0.25) is 0 Å². The van der Waals surface area contributed by atoms with Gasteiger partial charge in [-0.15, -0.1) is 0 Å². The maximum Gasteiger partial charge on any atom is 0.124 e. The lowest BCUT2D eigenvalue weighted by Crippen LogP contribution is -2.32. The monoisotopic (exact) mass is 208 g/mol. The summed E-state index contributed by atoms with van der Waals surface area (Å²) in [6, 6.07) is 0. The van der Waals surface area contributed by atoms with E-state index < -0.39 is 0 Å². The molecule has 6 unspecified atom stereocenters. The third-order valence-corrected chi connectivity index (χ3v) is 4.95. The van der Waals surface area contributed by atoms with Crippen molar-refractivity contribution in [3.63, 3.8) is 0 Å². The third kappa shape index (κ3) is 1.27. The van der Waals surface area contributed by atoms with Gasteiger partial charge in [-0.1, -0.05) is 6.58 Å². The second-order valence-electron chi connectivity index (χ2n) is 5.35. The molecule has 0 heterocycles. The molecule has 2 bridgehead atoms. The van der Waals surface area contributed by atoms with Crippen LogP contribution in [0.5, 0.6) is 0 Å². The van der Waals surface area contributed by atoms with Gasteiger partial charge in [0.05, 0.1) is 12.4 Å². The molecular formula is C13H20O2. The highest BCUT2D eigenvalue weighted by Gasteiger charge is 2.57. The van der Waals surface area contributed by atoms with Crippen LogP contribution in [0.2, 0.25) is 0 Å². The van der Waals surface area contributed by atoms with Crippen LogP contribution in [0.3, 0.4) is 0 Å². The van der Waals surface area contributed by atoms with E-state index in [9.17, 15) is 0 Å². The van der Waals surface area contributed by atoms with E-state index in [1.165, 1.54) is 25.7 Å². The molecule has 0 amide bonds. The van der Waals surface area contributed by atoms with Gasteiger partial charge in [-0.05, 0) is 49.4 Å². The van der Waals surface area contributed by atoms with E-state index in [4.69, 9.17) is 9.47 Å². The standard InChI is InChI=1S/C13H20O2/c1-3-15-11-7-10-8-4-5-9(6-8)12(10)13(11)14-2/h3,8-13H,1,4-7H2,2H3. The number of methoxy groups -OCH3 is 1. The molecule has 0 saturated heterocycles. The van der Waals surface area contributed by atoms with Crippen molar-refractivity contribution < 1.29 is 9.47 Å². The van der Waals surface area contributed by atoms with Gasteiger partial charge in [0.15, 0.2) is 0 Å². The molecular weight excluding hydrogens is 188 g/mol. The lowest BCUT2D eigenvalue weighted by Gasteiger charge is -2.28. The zero-order valence-corrected chi connectivity index (χ0v) is 9.39. The van der Waals surface area contributed by atoms with Crippen LogP contribution >= 0.6 is 0 Å². The maximum atomic E-state index is 5.67. The average Bonchev–Trinajstić information content (AvgIpc) is 2.86. The molecule has 0 radical (unpaired) electrons. The molecule has 3 saturated carbocycles. The van der Waals surface area contributed by atoms with Crippen molar-refractivity contribution >= 4 is 0 Å². The lowest BCUT2D eigenvalue weighted by molar-refractivity contribution is -0.0310. The molecule has 6 atom stereocenters. The SMILES string of the molecule is C=COC1CC2C3CCC(C3)C2C1OC. The van der Waals surface area contributed by atoms with Crippen LogP contribution in [0.1, 0.15) is 25.7 Å². The van der Waals surface area contributed by atoms with E-state index >= 15 is 0 Å². The van der Waals surface area contributed by atoms with Gasteiger partial charge in [-0.2, -0.15) is 0 Å². The molecule has 3 rings (SSSR count). The van der Waals surface area contributed by atoms with E-state index in [-0.39, 0.29) is 6.10 Å². The third-order valence-electron chi connectivity index (χ3n) is 4.95.